The fourth-order valence-corrected chi connectivity index (χ4v) is 2.37. The Bertz CT molecular complexity index is 426. The first kappa shape index (κ1) is 14.8. The van der Waals surface area contributed by atoms with Crippen molar-refractivity contribution >= 4 is 5.97 Å². The predicted octanol–water partition coefficient (Wildman–Crippen LogP) is 1.41. The first-order valence-electron chi connectivity index (χ1n) is 6.97. The van der Waals surface area contributed by atoms with Gasteiger partial charge in [0.15, 0.2) is 0 Å². The molecule has 1 N–H and O–H groups in total. The van der Waals surface area contributed by atoms with E-state index in [2.05, 4.69) is 0 Å². The van der Waals surface area contributed by atoms with Gasteiger partial charge in [0, 0.05) is 13.1 Å². The van der Waals surface area contributed by atoms with Crippen LogP contribution in [0.25, 0.3) is 0 Å². The first-order valence-corrected chi connectivity index (χ1v) is 6.97. The average Bonchev–Trinajstić information content (AvgIpc) is 2.47. The smallest absolute Gasteiger partial charge is 0.321 e. The fraction of sp³-hybridized carbons (Fsp3) is 0.533. The Kier molecular flexibility index (Phi) is 5.38. The SMILES string of the molecule is CCOc1ccc(C[C@@H](C(=O)O)N2CCOCC2)cc1. The van der Waals surface area contributed by atoms with Crippen molar-refractivity contribution in [1.29, 1.82) is 0 Å². The number of nitrogens with zero attached hydrogens (tertiary/aromatic N) is 1. The molecule has 0 spiro atoms. The molecule has 20 heavy (non-hydrogen) atoms. The third-order valence-electron chi connectivity index (χ3n) is 3.43. The number of carboxylic acids is 1. The molecule has 110 valence electrons. The monoisotopic (exact) mass is 279 g/mol. The molecular weight excluding hydrogens is 258 g/mol. The summed E-state index contributed by atoms with van der Waals surface area (Å²) in [4.78, 5) is 13.4. The molecule has 1 fully saturated rings. The number of carboxylic acid groups (broad SMARTS) is 1. The van der Waals surface area contributed by atoms with Crippen LogP contribution in [-0.4, -0.2) is 54.9 Å². The van der Waals surface area contributed by atoms with Crippen LogP contribution in [0.15, 0.2) is 24.3 Å². The van der Waals surface area contributed by atoms with E-state index in [1.807, 2.05) is 36.1 Å². The number of hydrogen-bond acceptors (Lipinski definition) is 4. The Morgan fingerprint density at radius 1 is 1.35 bits per heavy atom. The van der Waals surface area contributed by atoms with Crippen LogP contribution in [0, 0.1) is 0 Å². The minimum absolute atomic E-state index is 0.489. The molecule has 0 amide bonds. The van der Waals surface area contributed by atoms with E-state index in [4.69, 9.17) is 9.47 Å². The second kappa shape index (κ2) is 7.26. The molecule has 0 unspecified atom stereocenters. The maximum absolute atomic E-state index is 11.5. The third-order valence-corrected chi connectivity index (χ3v) is 3.43. The number of ether oxygens (including phenoxy) is 2. The highest BCUT2D eigenvalue weighted by Crippen LogP contribution is 2.16. The highest BCUT2D eigenvalue weighted by molar-refractivity contribution is 5.74. The molecule has 1 aromatic rings. The Balaban J connectivity index is 2.01. The molecule has 0 saturated carbocycles. The Labute approximate surface area is 119 Å². The van der Waals surface area contributed by atoms with E-state index in [-0.39, 0.29) is 0 Å². The van der Waals surface area contributed by atoms with E-state index < -0.39 is 12.0 Å². The van der Waals surface area contributed by atoms with E-state index in [9.17, 15) is 9.90 Å². The fourth-order valence-electron chi connectivity index (χ4n) is 2.37. The van der Waals surface area contributed by atoms with Gasteiger partial charge in [-0.05, 0) is 31.0 Å². The number of morpholine rings is 1. The third kappa shape index (κ3) is 3.95. The molecule has 1 saturated heterocycles. The van der Waals surface area contributed by atoms with Crippen molar-refractivity contribution in [2.24, 2.45) is 0 Å². The lowest BCUT2D eigenvalue weighted by Crippen LogP contribution is -2.48. The molecule has 0 bridgehead atoms. The minimum atomic E-state index is -0.777. The normalized spacial score (nSPS) is 17.6. The van der Waals surface area contributed by atoms with Crippen molar-refractivity contribution in [2.75, 3.05) is 32.9 Å². The van der Waals surface area contributed by atoms with Gasteiger partial charge >= 0.3 is 5.97 Å². The van der Waals surface area contributed by atoms with Gasteiger partial charge in [-0.2, -0.15) is 0 Å². The lowest BCUT2D eigenvalue weighted by atomic mass is 10.0. The van der Waals surface area contributed by atoms with Crippen LogP contribution in [0.5, 0.6) is 5.75 Å². The minimum Gasteiger partial charge on any atom is -0.494 e. The summed E-state index contributed by atoms with van der Waals surface area (Å²) in [5.41, 5.74) is 1.01. The van der Waals surface area contributed by atoms with Crippen molar-refractivity contribution in [1.82, 2.24) is 4.90 Å². The number of carbonyl (C=O) groups is 1. The molecule has 0 aromatic heterocycles. The van der Waals surface area contributed by atoms with Gasteiger partial charge in [-0.15, -0.1) is 0 Å². The number of hydrogen-bond donors (Lipinski definition) is 1. The highest BCUT2D eigenvalue weighted by Gasteiger charge is 2.27. The van der Waals surface area contributed by atoms with Gasteiger partial charge in [0.05, 0.1) is 19.8 Å². The zero-order valence-electron chi connectivity index (χ0n) is 11.7. The summed E-state index contributed by atoms with van der Waals surface area (Å²) in [6.45, 7) is 5.12. The van der Waals surface area contributed by atoms with Crippen LogP contribution < -0.4 is 4.74 Å². The Morgan fingerprint density at radius 2 is 2.00 bits per heavy atom. The van der Waals surface area contributed by atoms with Crippen LogP contribution in [0.2, 0.25) is 0 Å². The van der Waals surface area contributed by atoms with Crippen molar-refractivity contribution < 1.29 is 19.4 Å². The van der Waals surface area contributed by atoms with Crippen LogP contribution in [-0.2, 0) is 16.0 Å². The van der Waals surface area contributed by atoms with Crippen molar-refractivity contribution in [3.63, 3.8) is 0 Å². The summed E-state index contributed by atoms with van der Waals surface area (Å²) in [6.07, 6.45) is 0.502. The van der Waals surface area contributed by atoms with Crippen LogP contribution in [0.4, 0.5) is 0 Å². The second-order valence-electron chi connectivity index (χ2n) is 4.78. The molecule has 5 heteroatoms. The van der Waals surface area contributed by atoms with Crippen LogP contribution in [0.1, 0.15) is 12.5 Å². The summed E-state index contributed by atoms with van der Waals surface area (Å²) < 4.78 is 10.7. The molecule has 0 radical (unpaired) electrons. The van der Waals surface area contributed by atoms with Crippen molar-refractivity contribution in [2.45, 2.75) is 19.4 Å². The number of aliphatic carboxylic acids is 1. The predicted molar refractivity (Wildman–Crippen MR) is 75.1 cm³/mol. The zero-order valence-corrected chi connectivity index (χ0v) is 11.7. The van der Waals surface area contributed by atoms with Crippen LogP contribution >= 0.6 is 0 Å². The lowest BCUT2D eigenvalue weighted by Gasteiger charge is -2.32. The molecule has 5 nitrogen and oxygen atoms in total. The van der Waals surface area contributed by atoms with E-state index >= 15 is 0 Å². The van der Waals surface area contributed by atoms with Crippen molar-refractivity contribution in [3.05, 3.63) is 29.8 Å². The quantitative estimate of drug-likeness (QED) is 0.853. The summed E-state index contributed by atoms with van der Waals surface area (Å²) >= 11 is 0. The van der Waals surface area contributed by atoms with E-state index in [1.165, 1.54) is 0 Å². The maximum atomic E-state index is 11.5. The largest absolute Gasteiger partial charge is 0.494 e. The Morgan fingerprint density at radius 3 is 2.55 bits per heavy atom. The first-order chi connectivity index (χ1) is 9.70. The lowest BCUT2D eigenvalue weighted by molar-refractivity contribution is -0.145. The van der Waals surface area contributed by atoms with Gasteiger partial charge in [-0.3, -0.25) is 9.69 Å². The van der Waals surface area contributed by atoms with Gasteiger partial charge in [0.25, 0.3) is 0 Å². The Hall–Kier alpha value is -1.59. The molecule has 1 aliphatic heterocycles. The van der Waals surface area contributed by atoms with Gasteiger partial charge < -0.3 is 14.6 Å². The van der Waals surface area contributed by atoms with Gasteiger partial charge in [0.1, 0.15) is 11.8 Å². The molecule has 2 rings (SSSR count). The molecule has 0 aliphatic carbocycles. The van der Waals surface area contributed by atoms with Gasteiger partial charge in [-0.1, -0.05) is 12.1 Å². The molecule has 1 aromatic carbocycles. The van der Waals surface area contributed by atoms with E-state index in [0.29, 0.717) is 39.3 Å². The zero-order chi connectivity index (χ0) is 14.4. The molecule has 1 heterocycles. The summed E-state index contributed by atoms with van der Waals surface area (Å²) in [7, 11) is 0. The summed E-state index contributed by atoms with van der Waals surface area (Å²) in [5, 5.41) is 9.42. The van der Waals surface area contributed by atoms with E-state index in [0.717, 1.165) is 11.3 Å². The standard InChI is InChI=1S/C15H21NO4/c1-2-20-13-5-3-12(4-6-13)11-14(15(17)18)16-7-9-19-10-8-16/h3-6,14H,2,7-11H2,1H3,(H,17,18)/t14-/m0/s1. The van der Waals surface area contributed by atoms with E-state index in [1.54, 1.807) is 0 Å². The second-order valence-corrected chi connectivity index (χ2v) is 4.78. The number of benzene rings is 1. The average molecular weight is 279 g/mol. The molecule has 1 atom stereocenters. The van der Waals surface area contributed by atoms with Crippen molar-refractivity contribution in [3.8, 4) is 5.75 Å². The maximum Gasteiger partial charge on any atom is 0.321 e. The highest BCUT2D eigenvalue weighted by atomic mass is 16.5. The molecule has 1 aliphatic rings. The molecular formula is C15H21NO4. The topological polar surface area (TPSA) is 59.0 Å². The summed E-state index contributed by atoms with van der Waals surface area (Å²) in [6, 6.07) is 7.15. The van der Waals surface area contributed by atoms with Gasteiger partial charge in [-0.25, -0.2) is 0 Å². The number of rotatable bonds is 6. The summed E-state index contributed by atoms with van der Waals surface area (Å²) in [5.74, 6) is 0.0373. The van der Waals surface area contributed by atoms with Crippen LogP contribution in [0.3, 0.4) is 0 Å². The van der Waals surface area contributed by atoms with Gasteiger partial charge in [0.2, 0.25) is 0 Å².